The molecule has 1 aromatic carbocycles. The van der Waals surface area contributed by atoms with Gasteiger partial charge in [-0.2, -0.15) is 0 Å². The van der Waals surface area contributed by atoms with Crippen LogP contribution >= 0.6 is 0 Å². The van der Waals surface area contributed by atoms with E-state index in [-0.39, 0.29) is 0 Å². The second-order valence-electron chi connectivity index (χ2n) is 3.55. The smallest absolute Gasteiger partial charge is 0.00666 e. The molecule has 0 N–H and O–H groups in total. The van der Waals surface area contributed by atoms with Gasteiger partial charge in [0.05, 0.1) is 0 Å². The van der Waals surface area contributed by atoms with Gasteiger partial charge in [0.25, 0.3) is 0 Å². The van der Waals surface area contributed by atoms with Crippen molar-refractivity contribution in [1.29, 1.82) is 0 Å². The van der Waals surface area contributed by atoms with Crippen molar-refractivity contribution in [3.8, 4) is 0 Å². The molecule has 1 rings (SSSR count). The zero-order valence-electron chi connectivity index (χ0n) is 8.22. The predicted molar refractivity (Wildman–Crippen MR) is 58.7 cm³/mol. The Labute approximate surface area is 80.6 Å². The zero-order chi connectivity index (χ0) is 9.68. The maximum atomic E-state index is 4.03. The van der Waals surface area contributed by atoms with E-state index < -0.39 is 0 Å². The number of rotatable bonds is 4. The first-order chi connectivity index (χ1) is 6.18. The summed E-state index contributed by atoms with van der Waals surface area (Å²) in [5.74, 6) is 0. The lowest BCUT2D eigenvalue weighted by Gasteiger charge is -2.04. The molecule has 0 heterocycles. The van der Waals surface area contributed by atoms with E-state index in [1.165, 1.54) is 16.7 Å². The Morgan fingerprint density at radius 2 is 1.77 bits per heavy atom. The molecule has 0 nitrogen and oxygen atoms in total. The van der Waals surface area contributed by atoms with Crippen LogP contribution in [-0.4, -0.2) is 0 Å². The third kappa shape index (κ3) is 3.75. The Morgan fingerprint density at radius 1 is 1.15 bits per heavy atom. The van der Waals surface area contributed by atoms with E-state index in [0.29, 0.717) is 0 Å². The van der Waals surface area contributed by atoms with Crippen molar-refractivity contribution in [3.63, 3.8) is 0 Å². The SMILES string of the molecule is C=C(C)CC(=C)Cc1ccccc1. The monoisotopic (exact) mass is 172 g/mol. The fourth-order valence-corrected chi connectivity index (χ4v) is 1.37. The van der Waals surface area contributed by atoms with Crippen LogP contribution < -0.4 is 0 Å². The summed E-state index contributed by atoms with van der Waals surface area (Å²) in [5, 5.41) is 0. The molecule has 0 aromatic heterocycles. The van der Waals surface area contributed by atoms with Crippen molar-refractivity contribution >= 4 is 0 Å². The highest BCUT2D eigenvalue weighted by molar-refractivity contribution is 5.22. The minimum atomic E-state index is 0.939. The van der Waals surface area contributed by atoms with Crippen LogP contribution in [0.4, 0.5) is 0 Å². The lowest BCUT2D eigenvalue weighted by Crippen LogP contribution is -1.89. The van der Waals surface area contributed by atoms with E-state index >= 15 is 0 Å². The van der Waals surface area contributed by atoms with Gasteiger partial charge in [0.1, 0.15) is 0 Å². The molecule has 1 aromatic rings. The van der Waals surface area contributed by atoms with Gasteiger partial charge < -0.3 is 0 Å². The van der Waals surface area contributed by atoms with Gasteiger partial charge in [-0.1, -0.05) is 54.6 Å². The van der Waals surface area contributed by atoms with E-state index in [1.54, 1.807) is 0 Å². The van der Waals surface area contributed by atoms with Crippen LogP contribution in [0.25, 0.3) is 0 Å². The quantitative estimate of drug-likeness (QED) is 0.607. The number of hydrogen-bond acceptors (Lipinski definition) is 0. The van der Waals surface area contributed by atoms with Crippen molar-refractivity contribution in [3.05, 3.63) is 60.2 Å². The van der Waals surface area contributed by atoms with Gasteiger partial charge in [0.2, 0.25) is 0 Å². The van der Waals surface area contributed by atoms with Gasteiger partial charge in [-0.05, 0) is 25.3 Å². The molecule has 0 saturated carbocycles. The average Bonchev–Trinajstić information content (AvgIpc) is 2.04. The minimum absolute atomic E-state index is 0.939. The van der Waals surface area contributed by atoms with Gasteiger partial charge >= 0.3 is 0 Å². The molecule has 0 amide bonds. The Bertz CT molecular complexity index is 293. The van der Waals surface area contributed by atoms with Gasteiger partial charge in [0.15, 0.2) is 0 Å². The molecule has 0 radical (unpaired) electrons. The third-order valence-electron chi connectivity index (χ3n) is 1.85. The van der Waals surface area contributed by atoms with Gasteiger partial charge in [-0.15, -0.1) is 0 Å². The lowest BCUT2D eigenvalue weighted by atomic mass is 10.0. The highest BCUT2D eigenvalue weighted by Crippen LogP contribution is 2.12. The largest absolute Gasteiger partial charge is 0.0998 e. The van der Waals surface area contributed by atoms with E-state index in [9.17, 15) is 0 Å². The topological polar surface area (TPSA) is 0 Å². The van der Waals surface area contributed by atoms with Crippen LogP contribution in [0.1, 0.15) is 18.9 Å². The van der Waals surface area contributed by atoms with Crippen LogP contribution in [0.3, 0.4) is 0 Å². The van der Waals surface area contributed by atoms with Crippen LogP contribution in [0.2, 0.25) is 0 Å². The Balaban J connectivity index is 2.50. The molecule has 0 unspecified atom stereocenters. The first-order valence-corrected chi connectivity index (χ1v) is 4.53. The zero-order valence-corrected chi connectivity index (χ0v) is 8.22. The maximum Gasteiger partial charge on any atom is -0.00666 e. The van der Waals surface area contributed by atoms with E-state index in [2.05, 4.69) is 37.4 Å². The predicted octanol–water partition coefficient (Wildman–Crippen LogP) is 3.75. The normalized spacial score (nSPS) is 9.62. The number of allylic oxidation sites excluding steroid dienone is 2. The van der Waals surface area contributed by atoms with Crippen molar-refractivity contribution in [2.75, 3.05) is 0 Å². The van der Waals surface area contributed by atoms with Crippen molar-refractivity contribution in [2.45, 2.75) is 19.8 Å². The molecule has 0 bridgehead atoms. The summed E-state index contributed by atoms with van der Waals surface area (Å²) in [7, 11) is 0. The van der Waals surface area contributed by atoms with Crippen molar-refractivity contribution in [2.24, 2.45) is 0 Å². The Morgan fingerprint density at radius 3 is 2.31 bits per heavy atom. The van der Waals surface area contributed by atoms with Crippen LogP contribution in [-0.2, 0) is 6.42 Å². The molecule has 0 spiro atoms. The van der Waals surface area contributed by atoms with Gasteiger partial charge in [-0.25, -0.2) is 0 Å². The highest BCUT2D eigenvalue weighted by atomic mass is 14.0. The second-order valence-corrected chi connectivity index (χ2v) is 3.55. The van der Waals surface area contributed by atoms with Crippen LogP contribution in [0.15, 0.2) is 54.6 Å². The molecular formula is C13H16. The van der Waals surface area contributed by atoms with E-state index in [1.807, 2.05) is 13.0 Å². The fourth-order valence-electron chi connectivity index (χ4n) is 1.37. The highest BCUT2D eigenvalue weighted by Gasteiger charge is 1.96. The van der Waals surface area contributed by atoms with Crippen LogP contribution in [0.5, 0.6) is 0 Å². The number of hydrogen-bond donors (Lipinski definition) is 0. The Hall–Kier alpha value is -1.30. The summed E-state index contributed by atoms with van der Waals surface area (Å²) < 4.78 is 0. The molecule has 0 heteroatoms. The molecule has 0 atom stereocenters. The first-order valence-electron chi connectivity index (χ1n) is 4.53. The van der Waals surface area contributed by atoms with E-state index in [0.717, 1.165) is 12.8 Å². The summed E-state index contributed by atoms with van der Waals surface area (Å²) in [6.07, 6.45) is 1.91. The average molecular weight is 172 g/mol. The second kappa shape index (κ2) is 4.66. The molecular weight excluding hydrogens is 156 g/mol. The standard InChI is InChI=1S/C13H16/c1-11(2)9-12(3)10-13-7-5-4-6-8-13/h4-8H,1,3,9-10H2,2H3. The summed E-state index contributed by atoms with van der Waals surface area (Å²) in [6, 6.07) is 10.4. The minimum Gasteiger partial charge on any atom is -0.0998 e. The summed E-state index contributed by atoms with van der Waals surface area (Å²) in [4.78, 5) is 0. The first kappa shape index (κ1) is 9.79. The fraction of sp³-hybridized carbons (Fsp3) is 0.231. The number of benzene rings is 1. The van der Waals surface area contributed by atoms with Gasteiger partial charge in [-0.3, -0.25) is 0 Å². The lowest BCUT2D eigenvalue weighted by molar-refractivity contribution is 1.03. The molecule has 0 aliphatic carbocycles. The molecule has 0 aliphatic heterocycles. The van der Waals surface area contributed by atoms with Crippen molar-refractivity contribution < 1.29 is 0 Å². The van der Waals surface area contributed by atoms with Gasteiger partial charge in [0, 0.05) is 0 Å². The van der Waals surface area contributed by atoms with Crippen molar-refractivity contribution in [1.82, 2.24) is 0 Å². The molecule has 68 valence electrons. The molecule has 0 saturated heterocycles. The Kier molecular flexibility index (Phi) is 3.51. The van der Waals surface area contributed by atoms with Crippen LogP contribution in [0, 0.1) is 0 Å². The molecule has 0 aliphatic rings. The van der Waals surface area contributed by atoms with E-state index in [4.69, 9.17) is 0 Å². The third-order valence-corrected chi connectivity index (χ3v) is 1.85. The summed E-state index contributed by atoms with van der Waals surface area (Å²) in [6.45, 7) is 9.94. The molecule has 0 fully saturated rings. The summed E-state index contributed by atoms with van der Waals surface area (Å²) >= 11 is 0. The summed E-state index contributed by atoms with van der Waals surface area (Å²) in [5.41, 5.74) is 3.74. The maximum absolute atomic E-state index is 4.03. The molecule has 13 heavy (non-hydrogen) atoms.